The molecule has 2 aliphatic heterocycles. The average molecular weight is 1150 g/mol. The molecule has 7 aromatic carbocycles. The van der Waals surface area contributed by atoms with Crippen LogP contribution in [0.1, 0.15) is 55.5 Å². The largest absolute Gasteiger partial charge is 0.481 e. The summed E-state index contributed by atoms with van der Waals surface area (Å²) in [7, 11) is 0. The van der Waals surface area contributed by atoms with Crippen LogP contribution in [0.5, 0.6) is 0 Å². The fourth-order valence-electron chi connectivity index (χ4n) is 7.77. The van der Waals surface area contributed by atoms with Crippen molar-refractivity contribution in [2.75, 3.05) is 16.0 Å². The van der Waals surface area contributed by atoms with E-state index in [2.05, 4.69) is 21.3 Å². The van der Waals surface area contributed by atoms with Gasteiger partial charge in [-0.1, -0.05) is 143 Å². The van der Waals surface area contributed by atoms with Crippen LogP contribution < -0.4 is 21.3 Å². The number of fused-ring (bicyclic) bond motifs is 1. The van der Waals surface area contributed by atoms with E-state index in [-0.39, 0.29) is 30.7 Å². The molecule has 0 saturated carbocycles. The van der Waals surface area contributed by atoms with E-state index in [1.54, 1.807) is 134 Å². The second-order valence-electron chi connectivity index (χ2n) is 16.7. The van der Waals surface area contributed by atoms with E-state index in [1.165, 1.54) is 6.07 Å². The van der Waals surface area contributed by atoms with Crippen molar-refractivity contribution in [2.45, 2.75) is 32.2 Å². The molecule has 76 heavy (non-hydrogen) atoms. The van der Waals surface area contributed by atoms with Gasteiger partial charge in [0, 0.05) is 49.3 Å². The lowest BCUT2D eigenvalue weighted by atomic mass is 9.92. The Kier molecular flexibility index (Phi) is 20.3. The van der Waals surface area contributed by atoms with Gasteiger partial charge in [0.15, 0.2) is 0 Å². The first-order chi connectivity index (χ1) is 36.2. The number of carboxylic acids is 3. The van der Waals surface area contributed by atoms with Crippen molar-refractivity contribution < 1.29 is 48.9 Å². The number of para-hydroxylation sites is 4. The third-order valence-corrected chi connectivity index (χ3v) is 12.6. The molecule has 0 bridgehead atoms. The number of halogens is 6. The number of piperidine rings is 1. The number of aliphatic carboxylic acids is 2. The van der Waals surface area contributed by atoms with E-state index in [1.807, 2.05) is 18.2 Å². The van der Waals surface area contributed by atoms with E-state index in [0.29, 0.717) is 75.1 Å². The molecule has 2 aliphatic rings. The van der Waals surface area contributed by atoms with E-state index in [0.717, 1.165) is 16.3 Å². The number of aromatic carboxylic acids is 1. The normalized spacial score (nSPS) is 14.3. The van der Waals surface area contributed by atoms with Crippen LogP contribution >= 0.6 is 69.6 Å². The number of benzene rings is 7. The number of nitrogens with zero attached hydrogens (tertiary/aromatic N) is 1. The molecule has 390 valence electrons. The van der Waals surface area contributed by atoms with E-state index in [9.17, 15) is 33.6 Å². The molecular formula is C55H43Cl6N5O10. The van der Waals surface area contributed by atoms with Gasteiger partial charge in [0.25, 0.3) is 11.8 Å². The van der Waals surface area contributed by atoms with Gasteiger partial charge in [-0.3, -0.25) is 39.0 Å². The second kappa shape index (κ2) is 26.7. The maximum atomic E-state index is 12.3. The summed E-state index contributed by atoms with van der Waals surface area (Å²) in [5, 5.41) is 41.2. The highest BCUT2D eigenvalue weighted by atomic mass is 35.5. The minimum atomic E-state index is -0.994. The standard InChI is InChI=1S/2C14H11Cl2NO2.C14H12N2O4.C13H9Cl2NO2/c15-10-5-3-6-11(16)14(10)17-12-7-2-1-4-9(12)8-13(18)19;15-10-6-11(16)8-12(7-10)17-13-4-2-1-3-9(13)5-14(18)19;1-7-6-10(17)15-12(18)11(7)16-13(19)8-4-2-3-5-9(8)14(16)20;14-8-5-9(15)7-10(6-8)16-12-4-2-1-3-11(12)13(17)18/h1-7,17H,8H2,(H,18,19);1-4,6-8,17H,5H2,(H,18,19);2-5,7,11H,6H2,1H3,(H,15,17,18);1-7,16H,(H,17,18). The monoisotopic (exact) mass is 1140 g/mol. The topological polar surface area (TPSA) is 232 Å². The summed E-state index contributed by atoms with van der Waals surface area (Å²) in [5.41, 5.74) is 5.99. The smallest absolute Gasteiger partial charge is 0.337 e. The molecule has 15 nitrogen and oxygen atoms in total. The average Bonchev–Trinajstić information content (AvgIpc) is 3.59. The SMILES string of the molecule is CC1CC(=O)NC(=O)C1N1C(=O)c2ccccc2C1=O.O=C(O)Cc1ccccc1Nc1c(Cl)cccc1Cl.O=C(O)Cc1ccccc1Nc1cc(Cl)cc(Cl)c1.O=C(O)c1ccccc1Nc1cc(Cl)cc(Cl)c1. The number of amides is 4. The number of imide groups is 2. The number of carbonyl (C=O) groups excluding carboxylic acids is 4. The fourth-order valence-corrected chi connectivity index (χ4v) is 9.31. The third-order valence-electron chi connectivity index (χ3n) is 11.1. The number of carbonyl (C=O) groups is 7. The number of anilines is 6. The Bertz CT molecular complexity index is 3260. The van der Waals surface area contributed by atoms with Gasteiger partial charge >= 0.3 is 17.9 Å². The molecule has 0 radical (unpaired) electrons. The Balaban J connectivity index is 0.000000165. The van der Waals surface area contributed by atoms with Crippen molar-refractivity contribution in [1.82, 2.24) is 10.2 Å². The van der Waals surface area contributed by atoms with Gasteiger partial charge in [-0.15, -0.1) is 0 Å². The van der Waals surface area contributed by atoms with Crippen molar-refractivity contribution in [3.63, 3.8) is 0 Å². The molecule has 1 fully saturated rings. The lowest BCUT2D eigenvalue weighted by Gasteiger charge is -2.32. The van der Waals surface area contributed by atoms with Gasteiger partial charge in [-0.05, 0) is 102 Å². The van der Waals surface area contributed by atoms with Crippen LogP contribution in [-0.2, 0) is 32.0 Å². The molecule has 0 aliphatic carbocycles. The first-order valence-electron chi connectivity index (χ1n) is 22.6. The van der Waals surface area contributed by atoms with Gasteiger partial charge in [0.05, 0.1) is 51.0 Å². The molecule has 2 atom stereocenters. The van der Waals surface area contributed by atoms with Crippen LogP contribution in [0.25, 0.3) is 0 Å². The third kappa shape index (κ3) is 15.7. The molecule has 0 aromatic heterocycles. The van der Waals surface area contributed by atoms with Crippen LogP contribution in [0, 0.1) is 5.92 Å². The minimum Gasteiger partial charge on any atom is -0.481 e. The number of hydrogen-bond acceptors (Lipinski definition) is 10. The zero-order valence-corrected chi connectivity index (χ0v) is 44.2. The predicted octanol–water partition coefficient (Wildman–Crippen LogP) is 13.5. The minimum absolute atomic E-state index is 0.0442. The molecule has 2 heterocycles. The van der Waals surface area contributed by atoms with Crippen molar-refractivity contribution >= 4 is 145 Å². The van der Waals surface area contributed by atoms with Crippen LogP contribution in [0.2, 0.25) is 30.1 Å². The summed E-state index contributed by atoms with van der Waals surface area (Å²) in [6.07, 6.45) is 0.00648. The number of rotatable bonds is 12. The van der Waals surface area contributed by atoms with Crippen LogP contribution in [0.15, 0.2) is 152 Å². The molecule has 9 rings (SSSR count). The van der Waals surface area contributed by atoms with Crippen LogP contribution in [0.4, 0.5) is 34.1 Å². The number of hydrogen-bond donors (Lipinski definition) is 7. The molecule has 0 spiro atoms. The summed E-state index contributed by atoms with van der Waals surface area (Å²) < 4.78 is 0. The Labute approximate surface area is 465 Å². The summed E-state index contributed by atoms with van der Waals surface area (Å²) in [6.45, 7) is 1.69. The highest BCUT2D eigenvalue weighted by molar-refractivity contribution is 6.39. The van der Waals surface area contributed by atoms with Crippen molar-refractivity contribution in [1.29, 1.82) is 0 Å². The number of carboxylic acid groups (broad SMARTS) is 3. The Morgan fingerprint density at radius 2 is 0.947 bits per heavy atom. The lowest BCUT2D eigenvalue weighted by molar-refractivity contribution is -0.139. The summed E-state index contributed by atoms with van der Waals surface area (Å²) in [5.74, 6) is -5.08. The quantitative estimate of drug-likeness (QED) is 0.0565. The fraction of sp³-hybridized carbons (Fsp3) is 0.109. The predicted molar refractivity (Wildman–Crippen MR) is 296 cm³/mol. The van der Waals surface area contributed by atoms with E-state index in [4.69, 9.17) is 84.9 Å². The summed E-state index contributed by atoms with van der Waals surface area (Å²) in [4.78, 5) is 81.6. The van der Waals surface area contributed by atoms with Gasteiger partial charge in [-0.25, -0.2) is 4.79 Å². The molecule has 7 N–H and O–H groups in total. The van der Waals surface area contributed by atoms with E-state index >= 15 is 0 Å². The van der Waals surface area contributed by atoms with Gasteiger partial charge in [0.2, 0.25) is 11.8 Å². The zero-order chi connectivity index (χ0) is 55.2. The molecule has 4 amide bonds. The Morgan fingerprint density at radius 1 is 0.539 bits per heavy atom. The Morgan fingerprint density at radius 3 is 1.39 bits per heavy atom. The number of nitrogens with one attached hydrogen (secondary N) is 4. The summed E-state index contributed by atoms with van der Waals surface area (Å²) in [6, 6.07) is 41.7. The molecule has 21 heteroatoms. The van der Waals surface area contributed by atoms with Gasteiger partial charge in [-0.2, -0.15) is 0 Å². The molecular weight excluding hydrogens is 1100 g/mol. The highest BCUT2D eigenvalue weighted by Crippen LogP contribution is 2.35. The molecule has 1 saturated heterocycles. The first-order valence-corrected chi connectivity index (χ1v) is 24.8. The summed E-state index contributed by atoms with van der Waals surface area (Å²) >= 11 is 35.7. The highest BCUT2D eigenvalue weighted by Gasteiger charge is 2.47. The zero-order valence-electron chi connectivity index (χ0n) is 39.6. The Hall–Kier alpha value is -7.63. The molecule has 7 aromatic rings. The maximum Gasteiger partial charge on any atom is 0.337 e. The van der Waals surface area contributed by atoms with Crippen molar-refractivity contribution in [2.24, 2.45) is 5.92 Å². The van der Waals surface area contributed by atoms with Gasteiger partial charge in [0.1, 0.15) is 6.04 Å². The lowest BCUT2D eigenvalue weighted by Crippen LogP contribution is -2.58. The van der Waals surface area contributed by atoms with Crippen molar-refractivity contribution in [3.05, 3.63) is 210 Å². The van der Waals surface area contributed by atoms with Crippen LogP contribution in [-0.4, -0.2) is 67.8 Å². The second-order valence-corrected chi connectivity index (χ2v) is 19.2. The van der Waals surface area contributed by atoms with Crippen molar-refractivity contribution in [3.8, 4) is 0 Å². The van der Waals surface area contributed by atoms with Gasteiger partial charge < -0.3 is 31.3 Å². The first kappa shape index (κ1) is 57.6. The molecule has 2 unspecified atom stereocenters. The maximum absolute atomic E-state index is 12.3. The van der Waals surface area contributed by atoms with Crippen LogP contribution in [0.3, 0.4) is 0 Å². The van der Waals surface area contributed by atoms with E-state index < -0.39 is 47.6 Å².